The Hall–Kier alpha value is -2.61. The fourth-order valence-corrected chi connectivity index (χ4v) is 2.80. The van der Waals surface area contributed by atoms with Crippen molar-refractivity contribution in [3.8, 4) is 0 Å². The Morgan fingerprint density at radius 3 is 3.04 bits per heavy atom. The fraction of sp³-hybridized carbons (Fsp3) is 0.375. The first kappa shape index (κ1) is 14.9. The van der Waals surface area contributed by atoms with E-state index in [0.717, 1.165) is 0 Å². The van der Waals surface area contributed by atoms with Gasteiger partial charge in [0.1, 0.15) is 18.0 Å². The second-order valence-electron chi connectivity index (χ2n) is 5.55. The van der Waals surface area contributed by atoms with Crippen molar-refractivity contribution in [1.82, 2.24) is 20.2 Å². The molecule has 24 heavy (non-hydrogen) atoms. The normalized spacial score (nSPS) is 18.2. The highest BCUT2D eigenvalue weighted by Crippen LogP contribution is 2.29. The predicted molar refractivity (Wildman–Crippen MR) is 84.1 cm³/mol. The highest BCUT2D eigenvalue weighted by atomic mass is 19.1. The molecule has 1 fully saturated rings. The summed E-state index contributed by atoms with van der Waals surface area (Å²) in [6.07, 6.45) is 1.84. The Morgan fingerprint density at radius 2 is 2.21 bits per heavy atom. The molecule has 1 unspecified atom stereocenters. The minimum atomic E-state index is -0.329. The largest absolute Gasteiger partial charge is 0.422 e. The van der Waals surface area contributed by atoms with Crippen molar-refractivity contribution in [1.29, 1.82) is 0 Å². The van der Waals surface area contributed by atoms with Crippen LogP contribution in [-0.2, 0) is 11.2 Å². The quantitative estimate of drug-likeness (QED) is 0.729. The highest BCUT2D eigenvalue weighted by Gasteiger charge is 2.28. The molecular formula is C16H16FN5O2. The lowest BCUT2D eigenvalue weighted by Crippen LogP contribution is -2.39. The van der Waals surface area contributed by atoms with E-state index in [-0.39, 0.29) is 11.9 Å². The van der Waals surface area contributed by atoms with Gasteiger partial charge in [-0.15, -0.1) is 10.2 Å². The number of nitrogens with zero attached hydrogens (tertiary/aromatic N) is 5. The smallest absolute Gasteiger partial charge is 0.247 e. The Kier molecular flexibility index (Phi) is 3.81. The molecule has 3 heterocycles. The number of morpholine rings is 1. The number of hydrogen-bond donors (Lipinski definition) is 0. The van der Waals surface area contributed by atoms with Crippen molar-refractivity contribution in [3.63, 3.8) is 0 Å². The van der Waals surface area contributed by atoms with Crippen molar-refractivity contribution in [3.05, 3.63) is 42.1 Å². The SMILES string of the molecule is CCc1nnc(C2CN(c3ncnc4ccc(F)cc34)CCO2)o1. The minimum absolute atomic E-state index is 0.312. The number of anilines is 1. The maximum absolute atomic E-state index is 13.6. The standard InChI is InChI=1S/C16H16FN5O2/c1-2-14-20-21-16(24-14)13-8-22(5-6-23-13)15-11-7-10(17)3-4-12(11)18-9-19-15/h3-4,7,9,13H,2,5-6,8H2,1H3. The summed E-state index contributed by atoms with van der Waals surface area (Å²) in [5.74, 6) is 1.41. The summed E-state index contributed by atoms with van der Waals surface area (Å²) >= 11 is 0. The zero-order chi connectivity index (χ0) is 16.5. The molecule has 1 saturated heterocycles. The van der Waals surface area contributed by atoms with Gasteiger partial charge in [0.15, 0.2) is 6.10 Å². The number of rotatable bonds is 3. The van der Waals surface area contributed by atoms with Gasteiger partial charge in [-0.3, -0.25) is 0 Å². The Balaban J connectivity index is 1.65. The van der Waals surface area contributed by atoms with E-state index in [1.807, 2.05) is 11.8 Å². The lowest BCUT2D eigenvalue weighted by Gasteiger charge is -2.32. The molecule has 1 aliphatic heterocycles. The number of aromatic nitrogens is 4. The van der Waals surface area contributed by atoms with Gasteiger partial charge in [-0.25, -0.2) is 14.4 Å². The van der Waals surface area contributed by atoms with E-state index in [2.05, 4.69) is 20.2 Å². The van der Waals surface area contributed by atoms with Gasteiger partial charge in [0.2, 0.25) is 11.8 Å². The molecule has 1 aliphatic rings. The van der Waals surface area contributed by atoms with Crippen molar-refractivity contribution in [2.45, 2.75) is 19.4 Å². The van der Waals surface area contributed by atoms with E-state index in [0.29, 0.717) is 54.6 Å². The van der Waals surface area contributed by atoms with Gasteiger partial charge in [0.25, 0.3) is 0 Å². The van der Waals surface area contributed by atoms with Crippen LogP contribution in [0.2, 0.25) is 0 Å². The summed E-state index contributed by atoms with van der Waals surface area (Å²) < 4.78 is 25.0. The maximum atomic E-state index is 13.6. The van der Waals surface area contributed by atoms with Crippen LogP contribution >= 0.6 is 0 Å². The number of halogens is 1. The predicted octanol–water partition coefficient (Wildman–Crippen LogP) is 2.29. The van der Waals surface area contributed by atoms with Crippen LogP contribution in [0.5, 0.6) is 0 Å². The van der Waals surface area contributed by atoms with Gasteiger partial charge in [0.05, 0.1) is 18.7 Å². The van der Waals surface area contributed by atoms with Crippen molar-refractivity contribution >= 4 is 16.7 Å². The van der Waals surface area contributed by atoms with Crippen LogP contribution in [-0.4, -0.2) is 39.9 Å². The number of hydrogen-bond acceptors (Lipinski definition) is 7. The summed E-state index contributed by atoms with van der Waals surface area (Å²) in [6.45, 7) is 3.60. The molecule has 4 rings (SSSR count). The van der Waals surface area contributed by atoms with Gasteiger partial charge in [-0.05, 0) is 18.2 Å². The molecule has 2 aromatic heterocycles. The van der Waals surface area contributed by atoms with E-state index in [1.54, 1.807) is 6.07 Å². The van der Waals surface area contributed by atoms with Crippen molar-refractivity contribution < 1.29 is 13.5 Å². The zero-order valence-corrected chi connectivity index (χ0v) is 13.1. The first-order valence-corrected chi connectivity index (χ1v) is 7.83. The van der Waals surface area contributed by atoms with Gasteiger partial charge in [0, 0.05) is 18.4 Å². The molecule has 0 amide bonds. The number of fused-ring (bicyclic) bond motifs is 1. The molecule has 0 aliphatic carbocycles. The van der Waals surface area contributed by atoms with Crippen LogP contribution in [0.4, 0.5) is 10.2 Å². The molecular weight excluding hydrogens is 313 g/mol. The van der Waals surface area contributed by atoms with Crippen molar-refractivity contribution in [2.75, 3.05) is 24.6 Å². The minimum Gasteiger partial charge on any atom is -0.422 e. The van der Waals surface area contributed by atoms with Crippen LogP contribution < -0.4 is 4.90 Å². The van der Waals surface area contributed by atoms with Gasteiger partial charge in [-0.2, -0.15) is 0 Å². The van der Waals surface area contributed by atoms with E-state index < -0.39 is 0 Å². The summed E-state index contributed by atoms with van der Waals surface area (Å²) in [5.41, 5.74) is 0.704. The second kappa shape index (κ2) is 6.12. The number of ether oxygens (including phenoxy) is 1. The number of aryl methyl sites for hydroxylation is 1. The zero-order valence-electron chi connectivity index (χ0n) is 13.1. The molecule has 8 heteroatoms. The molecule has 0 N–H and O–H groups in total. The first-order valence-electron chi connectivity index (χ1n) is 7.83. The van der Waals surface area contributed by atoms with Crippen LogP contribution in [0.1, 0.15) is 24.8 Å². The van der Waals surface area contributed by atoms with E-state index in [9.17, 15) is 4.39 Å². The molecule has 124 valence electrons. The monoisotopic (exact) mass is 329 g/mol. The lowest BCUT2D eigenvalue weighted by atomic mass is 10.2. The molecule has 1 atom stereocenters. The average Bonchev–Trinajstić information content (AvgIpc) is 3.10. The Labute approximate surface area is 137 Å². The average molecular weight is 329 g/mol. The van der Waals surface area contributed by atoms with E-state index in [4.69, 9.17) is 9.15 Å². The Morgan fingerprint density at radius 1 is 1.29 bits per heavy atom. The van der Waals surface area contributed by atoms with Crippen LogP contribution in [0, 0.1) is 5.82 Å². The van der Waals surface area contributed by atoms with Crippen LogP contribution in [0.25, 0.3) is 10.9 Å². The summed E-state index contributed by atoms with van der Waals surface area (Å²) in [6, 6.07) is 4.50. The van der Waals surface area contributed by atoms with Gasteiger partial charge < -0.3 is 14.1 Å². The summed E-state index contributed by atoms with van der Waals surface area (Å²) in [4.78, 5) is 10.6. The van der Waals surface area contributed by atoms with Gasteiger partial charge >= 0.3 is 0 Å². The second-order valence-corrected chi connectivity index (χ2v) is 5.55. The number of benzene rings is 1. The molecule has 0 bridgehead atoms. The third-order valence-electron chi connectivity index (χ3n) is 4.00. The van der Waals surface area contributed by atoms with Crippen LogP contribution in [0.3, 0.4) is 0 Å². The summed E-state index contributed by atoms with van der Waals surface area (Å²) in [7, 11) is 0. The van der Waals surface area contributed by atoms with E-state index >= 15 is 0 Å². The summed E-state index contributed by atoms with van der Waals surface area (Å²) in [5, 5.41) is 8.71. The fourth-order valence-electron chi connectivity index (χ4n) is 2.80. The lowest BCUT2D eigenvalue weighted by molar-refractivity contribution is 0.0214. The van der Waals surface area contributed by atoms with Gasteiger partial charge in [-0.1, -0.05) is 6.92 Å². The van der Waals surface area contributed by atoms with E-state index in [1.165, 1.54) is 18.5 Å². The molecule has 0 spiro atoms. The molecule has 0 radical (unpaired) electrons. The third-order valence-corrected chi connectivity index (χ3v) is 4.00. The molecule has 0 saturated carbocycles. The van der Waals surface area contributed by atoms with Crippen LogP contribution in [0.15, 0.2) is 28.9 Å². The van der Waals surface area contributed by atoms with Crippen molar-refractivity contribution in [2.24, 2.45) is 0 Å². The maximum Gasteiger partial charge on any atom is 0.247 e. The first-order chi connectivity index (χ1) is 11.7. The molecule has 1 aromatic carbocycles. The Bertz CT molecular complexity index is 869. The topological polar surface area (TPSA) is 77.2 Å². The highest BCUT2D eigenvalue weighted by molar-refractivity contribution is 5.89. The molecule has 3 aromatic rings. The third kappa shape index (κ3) is 2.69. The molecule has 7 nitrogen and oxygen atoms in total.